The van der Waals surface area contributed by atoms with E-state index in [0.717, 1.165) is 13.0 Å². The average Bonchev–Trinajstić information content (AvgIpc) is 2.88. The highest BCUT2D eigenvalue weighted by atomic mass is 32.1. The number of hydrogen-bond acceptors (Lipinski definition) is 3. The van der Waals surface area contributed by atoms with Gasteiger partial charge in [0.25, 0.3) is 0 Å². The van der Waals surface area contributed by atoms with Gasteiger partial charge >= 0.3 is 0 Å². The van der Waals surface area contributed by atoms with E-state index in [4.69, 9.17) is 0 Å². The van der Waals surface area contributed by atoms with E-state index in [-0.39, 0.29) is 5.82 Å². The van der Waals surface area contributed by atoms with Gasteiger partial charge in [0.15, 0.2) is 0 Å². The number of aliphatic hydroxyl groups excluding tert-OH is 1. The van der Waals surface area contributed by atoms with Crippen LogP contribution in [0.3, 0.4) is 0 Å². The van der Waals surface area contributed by atoms with Crippen molar-refractivity contribution < 1.29 is 9.50 Å². The molecular weight excluding hydrogens is 249 g/mol. The summed E-state index contributed by atoms with van der Waals surface area (Å²) in [6, 6.07) is 10.4. The smallest absolute Gasteiger partial charge is 0.129 e. The third kappa shape index (κ3) is 3.63. The van der Waals surface area contributed by atoms with E-state index in [0.29, 0.717) is 12.1 Å². The van der Waals surface area contributed by atoms with Gasteiger partial charge in [0, 0.05) is 23.5 Å². The Balaban J connectivity index is 1.75. The van der Waals surface area contributed by atoms with Gasteiger partial charge in [-0.25, -0.2) is 4.39 Å². The van der Waals surface area contributed by atoms with Crippen LogP contribution in [0.1, 0.15) is 16.5 Å². The second-order valence-electron chi connectivity index (χ2n) is 4.07. The van der Waals surface area contributed by atoms with Crippen molar-refractivity contribution in [3.8, 4) is 0 Å². The van der Waals surface area contributed by atoms with Crippen LogP contribution >= 0.6 is 11.3 Å². The molecule has 1 atom stereocenters. The Morgan fingerprint density at radius 1 is 1.22 bits per heavy atom. The molecule has 0 aliphatic heterocycles. The first-order chi connectivity index (χ1) is 8.77. The van der Waals surface area contributed by atoms with Gasteiger partial charge in [-0.3, -0.25) is 0 Å². The first-order valence-electron chi connectivity index (χ1n) is 5.93. The third-order valence-corrected chi connectivity index (χ3v) is 3.67. The van der Waals surface area contributed by atoms with Crippen molar-refractivity contribution in [3.63, 3.8) is 0 Å². The van der Waals surface area contributed by atoms with Crippen LogP contribution in [0.15, 0.2) is 41.8 Å². The molecule has 0 radical (unpaired) electrons. The zero-order valence-corrected chi connectivity index (χ0v) is 10.8. The number of nitrogens with one attached hydrogen (secondary N) is 1. The molecule has 2 nitrogen and oxygen atoms in total. The van der Waals surface area contributed by atoms with Crippen LogP contribution in [-0.2, 0) is 6.42 Å². The van der Waals surface area contributed by atoms with Crippen molar-refractivity contribution in [2.45, 2.75) is 12.5 Å². The summed E-state index contributed by atoms with van der Waals surface area (Å²) >= 11 is 1.72. The van der Waals surface area contributed by atoms with Gasteiger partial charge in [-0.05, 0) is 23.9 Å². The van der Waals surface area contributed by atoms with E-state index in [1.165, 1.54) is 10.9 Å². The first-order valence-corrected chi connectivity index (χ1v) is 6.81. The SMILES string of the molecule is OC(CNCCc1cccs1)c1ccccc1F. The van der Waals surface area contributed by atoms with Crippen molar-refractivity contribution in [2.24, 2.45) is 0 Å². The molecule has 4 heteroatoms. The lowest BCUT2D eigenvalue weighted by molar-refractivity contribution is 0.170. The van der Waals surface area contributed by atoms with Gasteiger partial charge in [-0.1, -0.05) is 24.3 Å². The fourth-order valence-electron chi connectivity index (χ4n) is 1.76. The van der Waals surface area contributed by atoms with E-state index >= 15 is 0 Å². The average molecular weight is 265 g/mol. The molecule has 0 aliphatic carbocycles. The Hall–Kier alpha value is -1.23. The molecule has 1 aromatic heterocycles. The van der Waals surface area contributed by atoms with Crippen molar-refractivity contribution in [1.29, 1.82) is 0 Å². The fraction of sp³-hybridized carbons (Fsp3) is 0.286. The van der Waals surface area contributed by atoms with Crippen molar-refractivity contribution >= 4 is 11.3 Å². The summed E-state index contributed by atoms with van der Waals surface area (Å²) in [5.74, 6) is -0.356. The standard InChI is InChI=1S/C14H16FNOS/c15-13-6-2-1-5-12(13)14(17)10-16-8-7-11-4-3-9-18-11/h1-6,9,14,16-17H,7-8,10H2. The van der Waals surface area contributed by atoms with Gasteiger partial charge in [-0.2, -0.15) is 0 Å². The molecule has 0 amide bonds. The number of rotatable bonds is 6. The van der Waals surface area contributed by atoms with Gasteiger partial charge in [-0.15, -0.1) is 11.3 Å². The highest BCUT2D eigenvalue weighted by molar-refractivity contribution is 7.09. The quantitative estimate of drug-likeness (QED) is 0.787. The van der Waals surface area contributed by atoms with Crippen LogP contribution in [-0.4, -0.2) is 18.2 Å². The second kappa shape index (κ2) is 6.64. The first kappa shape index (κ1) is 13.2. The number of thiophene rings is 1. The predicted molar refractivity (Wildman–Crippen MR) is 72.3 cm³/mol. The minimum Gasteiger partial charge on any atom is -0.387 e. The molecule has 2 rings (SSSR count). The summed E-state index contributed by atoms with van der Waals surface area (Å²) in [7, 11) is 0. The van der Waals surface area contributed by atoms with Crippen molar-refractivity contribution in [1.82, 2.24) is 5.32 Å². The summed E-state index contributed by atoms with van der Waals surface area (Å²) in [5, 5.41) is 15.0. The van der Waals surface area contributed by atoms with Gasteiger partial charge in [0.05, 0.1) is 6.10 Å². The van der Waals surface area contributed by atoms with Crippen LogP contribution in [0.2, 0.25) is 0 Å². The third-order valence-electron chi connectivity index (χ3n) is 2.73. The van der Waals surface area contributed by atoms with Crippen LogP contribution in [0.5, 0.6) is 0 Å². The number of halogens is 1. The highest BCUT2D eigenvalue weighted by Gasteiger charge is 2.11. The topological polar surface area (TPSA) is 32.3 Å². The van der Waals surface area contributed by atoms with Crippen molar-refractivity contribution in [3.05, 3.63) is 58.0 Å². The molecule has 2 aromatic rings. The Bertz CT molecular complexity index is 472. The fourth-order valence-corrected chi connectivity index (χ4v) is 2.47. The van der Waals surface area contributed by atoms with Crippen LogP contribution in [0.25, 0.3) is 0 Å². The van der Waals surface area contributed by atoms with Crippen molar-refractivity contribution in [2.75, 3.05) is 13.1 Å². The van der Waals surface area contributed by atoms with Gasteiger partial charge in [0.2, 0.25) is 0 Å². The Labute approximate surface area is 110 Å². The zero-order chi connectivity index (χ0) is 12.8. The number of benzene rings is 1. The van der Waals surface area contributed by atoms with E-state index in [2.05, 4.69) is 11.4 Å². The maximum Gasteiger partial charge on any atom is 0.129 e. The highest BCUT2D eigenvalue weighted by Crippen LogP contribution is 2.15. The lowest BCUT2D eigenvalue weighted by atomic mass is 10.1. The monoisotopic (exact) mass is 265 g/mol. The van der Waals surface area contributed by atoms with Crippen LogP contribution in [0, 0.1) is 5.82 Å². The van der Waals surface area contributed by atoms with E-state index in [1.54, 1.807) is 29.5 Å². The molecule has 1 aromatic carbocycles. The Kier molecular flexibility index (Phi) is 4.87. The summed E-state index contributed by atoms with van der Waals surface area (Å²) in [6.07, 6.45) is 0.135. The lowest BCUT2D eigenvalue weighted by Gasteiger charge is -2.12. The molecule has 2 N–H and O–H groups in total. The second-order valence-corrected chi connectivity index (χ2v) is 5.10. The summed E-state index contributed by atoms with van der Waals surface area (Å²) in [6.45, 7) is 1.15. The molecule has 96 valence electrons. The lowest BCUT2D eigenvalue weighted by Crippen LogP contribution is -2.24. The Morgan fingerprint density at radius 2 is 2.06 bits per heavy atom. The van der Waals surface area contributed by atoms with Crippen LogP contribution in [0.4, 0.5) is 4.39 Å². The minimum atomic E-state index is -0.797. The zero-order valence-electron chi connectivity index (χ0n) is 9.97. The van der Waals surface area contributed by atoms with E-state index < -0.39 is 6.10 Å². The normalized spacial score (nSPS) is 12.6. The van der Waals surface area contributed by atoms with Gasteiger partial charge in [0.1, 0.15) is 5.82 Å². The molecule has 0 aliphatic rings. The summed E-state index contributed by atoms with van der Waals surface area (Å²) in [4.78, 5) is 1.31. The largest absolute Gasteiger partial charge is 0.387 e. The number of hydrogen-bond donors (Lipinski definition) is 2. The molecule has 18 heavy (non-hydrogen) atoms. The molecule has 0 bridgehead atoms. The summed E-state index contributed by atoms with van der Waals surface area (Å²) < 4.78 is 13.4. The predicted octanol–water partition coefficient (Wildman–Crippen LogP) is 2.75. The minimum absolute atomic E-state index is 0.348. The Morgan fingerprint density at radius 3 is 2.78 bits per heavy atom. The van der Waals surface area contributed by atoms with E-state index in [1.807, 2.05) is 11.4 Å². The maximum atomic E-state index is 13.4. The molecule has 0 fully saturated rings. The van der Waals surface area contributed by atoms with Crippen LogP contribution < -0.4 is 5.32 Å². The molecule has 0 spiro atoms. The molecular formula is C14H16FNOS. The summed E-state index contributed by atoms with van der Waals surface area (Å²) in [5.41, 5.74) is 0.348. The molecule has 1 unspecified atom stereocenters. The molecule has 0 saturated carbocycles. The van der Waals surface area contributed by atoms with E-state index in [9.17, 15) is 9.50 Å². The molecule has 0 saturated heterocycles. The molecule has 1 heterocycles. The maximum absolute atomic E-state index is 13.4. The van der Waals surface area contributed by atoms with Gasteiger partial charge < -0.3 is 10.4 Å². The number of aliphatic hydroxyl groups is 1.